The number of piperidine rings is 2. The van der Waals surface area contributed by atoms with Crippen LogP contribution in [0.25, 0.3) is 23.0 Å². The van der Waals surface area contributed by atoms with Crippen LogP contribution in [0.2, 0.25) is 0 Å². The molecule has 0 unspecified atom stereocenters. The number of furan rings is 1. The first-order valence-electron chi connectivity index (χ1n) is 16.7. The fourth-order valence-electron chi connectivity index (χ4n) is 6.30. The van der Waals surface area contributed by atoms with Crippen LogP contribution < -0.4 is 0 Å². The van der Waals surface area contributed by atoms with Crippen molar-refractivity contribution in [1.82, 2.24) is 30.1 Å². The third-order valence-corrected chi connectivity index (χ3v) is 9.87. The van der Waals surface area contributed by atoms with Crippen molar-refractivity contribution in [2.24, 2.45) is 0 Å². The molecule has 8 rings (SSSR count). The van der Waals surface area contributed by atoms with E-state index in [1.807, 2.05) is 23.3 Å². The first-order valence-corrected chi connectivity index (χ1v) is 17.6. The average molecular weight is 713 g/mol. The van der Waals surface area contributed by atoms with Gasteiger partial charge < -0.3 is 23.3 Å². The van der Waals surface area contributed by atoms with E-state index >= 15 is 0 Å². The number of benzene rings is 2. The maximum absolute atomic E-state index is 13.1. The van der Waals surface area contributed by atoms with Gasteiger partial charge in [0, 0.05) is 42.2 Å². The molecule has 6 heterocycles. The summed E-state index contributed by atoms with van der Waals surface area (Å²) in [4.78, 5) is 38.9. The quantitative estimate of drug-likeness (QED) is 0.170. The molecule has 11 nitrogen and oxygen atoms in total. The van der Waals surface area contributed by atoms with E-state index in [2.05, 4.69) is 20.3 Å². The van der Waals surface area contributed by atoms with Crippen molar-refractivity contribution in [2.75, 3.05) is 26.2 Å². The van der Waals surface area contributed by atoms with Gasteiger partial charge in [-0.3, -0.25) is 9.59 Å². The van der Waals surface area contributed by atoms with E-state index in [1.54, 1.807) is 46.8 Å². The number of hydrogen-bond acceptors (Lipinski definition) is 10. The van der Waals surface area contributed by atoms with E-state index in [4.69, 9.17) is 13.5 Å². The summed E-state index contributed by atoms with van der Waals surface area (Å²) in [5.74, 6) is 1.72. The Morgan fingerprint density at radius 3 is 1.94 bits per heavy atom. The Balaban J connectivity index is 0.000000159. The monoisotopic (exact) mass is 712 g/mol. The normalized spacial score (nSPS) is 17.5. The van der Waals surface area contributed by atoms with Crippen LogP contribution in [-0.4, -0.2) is 68.1 Å². The second kappa shape index (κ2) is 15.2. The molecule has 2 atom stereocenters. The summed E-state index contributed by atoms with van der Waals surface area (Å²) in [7, 11) is 0. The highest BCUT2D eigenvalue weighted by Gasteiger charge is 2.31. The van der Waals surface area contributed by atoms with E-state index in [1.165, 1.54) is 36.4 Å². The van der Waals surface area contributed by atoms with Crippen LogP contribution in [0.3, 0.4) is 0 Å². The third-order valence-electron chi connectivity index (χ3n) is 9.02. The molecule has 0 saturated carbocycles. The van der Waals surface area contributed by atoms with Crippen molar-refractivity contribution in [1.29, 1.82) is 0 Å². The molecular weight excluding hydrogens is 679 g/mol. The molecule has 2 aliphatic heterocycles. The molecule has 0 aliphatic carbocycles. The molecule has 0 radical (unpaired) electrons. The van der Waals surface area contributed by atoms with Gasteiger partial charge in [-0.05, 0) is 105 Å². The largest absolute Gasteiger partial charge is 0.461 e. The topological polar surface area (TPSA) is 132 Å². The van der Waals surface area contributed by atoms with Crippen molar-refractivity contribution in [3.05, 3.63) is 118 Å². The lowest BCUT2D eigenvalue weighted by molar-refractivity contribution is 0.0688. The zero-order valence-electron chi connectivity index (χ0n) is 27.7. The van der Waals surface area contributed by atoms with Crippen LogP contribution >= 0.6 is 11.3 Å². The summed E-state index contributed by atoms with van der Waals surface area (Å²) in [6.45, 7) is 4.43. The Morgan fingerprint density at radius 2 is 1.35 bits per heavy atom. The van der Waals surface area contributed by atoms with Gasteiger partial charge in [0.15, 0.2) is 5.76 Å². The number of halogens is 2. The van der Waals surface area contributed by atoms with Crippen LogP contribution in [0.15, 0.2) is 91.8 Å². The third kappa shape index (κ3) is 7.80. The minimum absolute atomic E-state index is 0.0191. The summed E-state index contributed by atoms with van der Waals surface area (Å²) in [5.41, 5.74) is 1.95. The second-order valence-corrected chi connectivity index (χ2v) is 13.6. The first kappa shape index (κ1) is 34.0. The number of rotatable bonds is 6. The number of aryl methyl sites for hydroxylation is 1. The Bertz CT molecular complexity index is 2080. The molecule has 2 aromatic carbocycles. The summed E-state index contributed by atoms with van der Waals surface area (Å²) >= 11 is 1.58. The van der Waals surface area contributed by atoms with Crippen LogP contribution in [0, 0.1) is 18.6 Å². The van der Waals surface area contributed by atoms with Gasteiger partial charge in [-0.15, -0.1) is 11.3 Å². The Hall–Kier alpha value is -5.50. The number of carbonyl (C=O) groups excluding carboxylic acids is 2. The molecule has 51 heavy (non-hydrogen) atoms. The van der Waals surface area contributed by atoms with Gasteiger partial charge >= 0.3 is 0 Å². The highest BCUT2D eigenvalue weighted by molar-refractivity contribution is 7.10. The smallest absolute Gasteiger partial charge is 0.254 e. The minimum atomic E-state index is -0.357. The van der Waals surface area contributed by atoms with E-state index in [0.717, 1.165) is 42.7 Å². The van der Waals surface area contributed by atoms with E-state index in [-0.39, 0.29) is 35.3 Å². The van der Waals surface area contributed by atoms with Crippen LogP contribution in [0.4, 0.5) is 8.78 Å². The fraction of sp³-hybridized carbons (Fsp3) is 0.297. The van der Waals surface area contributed by atoms with Gasteiger partial charge in [-0.25, -0.2) is 8.78 Å². The molecule has 2 saturated heterocycles. The predicted molar refractivity (Wildman–Crippen MR) is 183 cm³/mol. The van der Waals surface area contributed by atoms with Gasteiger partial charge in [0.05, 0.1) is 23.7 Å². The van der Waals surface area contributed by atoms with E-state index in [9.17, 15) is 18.4 Å². The Kier molecular flexibility index (Phi) is 10.1. The lowest BCUT2D eigenvalue weighted by Crippen LogP contribution is -2.39. The van der Waals surface area contributed by atoms with Gasteiger partial charge in [-0.1, -0.05) is 10.3 Å². The molecule has 0 bridgehead atoms. The second-order valence-electron chi connectivity index (χ2n) is 12.5. The molecule has 6 aromatic rings. The maximum atomic E-state index is 13.1. The highest BCUT2D eigenvalue weighted by Crippen LogP contribution is 2.30. The van der Waals surface area contributed by atoms with Crippen LogP contribution in [0.1, 0.15) is 74.9 Å². The Labute approximate surface area is 295 Å². The minimum Gasteiger partial charge on any atom is -0.461 e. The fourth-order valence-corrected chi connectivity index (χ4v) is 6.99. The van der Waals surface area contributed by atoms with Crippen LogP contribution in [0.5, 0.6) is 0 Å². The zero-order chi connectivity index (χ0) is 35.3. The lowest BCUT2D eigenvalue weighted by atomic mass is 9.97. The summed E-state index contributed by atoms with van der Waals surface area (Å²) in [6, 6.07) is 17.0. The number of amides is 2. The van der Waals surface area contributed by atoms with Gasteiger partial charge in [0.2, 0.25) is 23.4 Å². The Morgan fingerprint density at radius 1 is 0.765 bits per heavy atom. The van der Waals surface area contributed by atoms with Crippen molar-refractivity contribution < 1.29 is 31.8 Å². The molecule has 262 valence electrons. The molecule has 2 amide bonds. The van der Waals surface area contributed by atoms with Gasteiger partial charge in [0.1, 0.15) is 11.6 Å². The molecule has 2 aliphatic rings. The lowest BCUT2D eigenvalue weighted by Gasteiger charge is -2.31. The molecule has 2 fully saturated rings. The molecule has 14 heteroatoms. The molecule has 4 aromatic heterocycles. The molecule has 0 N–H and O–H groups in total. The molecule has 0 spiro atoms. The van der Waals surface area contributed by atoms with Crippen molar-refractivity contribution >= 4 is 23.2 Å². The number of nitrogens with zero attached hydrogens (tertiary/aromatic N) is 6. The van der Waals surface area contributed by atoms with Gasteiger partial charge in [-0.2, -0.15) is 9.97 Å². The van der Waals surface area contributed by atoms with E-state index < -0.39 is 0 Å². The number of hydrogen-bond donors (Lipinski definition) is 0. The number of thiophene rings is 1. The molecular formula is C37H34F2N6O5S. The van der Waals surface area contributed by atoms with Crippen molar-refractivity contribution in [3.63, 3.8) is 0 Å². The number of aromatic nitrogens is 4. The summed E-state index contributed by atoms with van der Waals surface area (Å²) in [5, 5.41) is 9.90. The summed E-state index contributed by atoms with van der Waals surface area (Å²) < 4.78 is 42.2. The summed E-state index contributed by atoms with van der Waals surface area (Å²) in [6.07, 6.45) is 5.06. The van der Waals surface area contributed by atoms with Crippen LogP contribution in [-0.2, 0) is 0 Å². The van der Waals surface area contributed by atoms with Crippen molar-refractivity contribution in [3.8, 4) is 23.0 Å². The first-order chi connectivity index (χ1) is 24.8. The number of carbonyl (C=O) groups is 2. The van der Waals surface area contributed by atoms with Gasteiger partial charge in [0.25, 0.3) is 11.8 Å². The standard InChI is InChI=1S/C19H18FN3O2S.C18H16FN3O3/c1-12-16(8-10-26-12)19(24)23-9-2-3-14(11-23)18-21-17(22-25-18)13-4-6-15(20)7-5-13;19-14-7-5-12(6-8-14)18(23)22-9-1-3-13(11-22)17-20-16(21-25-17)15-4-2-10-24-15/h4-8,10,14H,2-3,9,11H2,1H3;2,4-8,10,13H,1,3,9,11H2/t14-;13-/m00/s1. The number of likely N-dealkylation sites (tertiary alicyclic amines) is 2. The zero-order valence-corrected chi connectivity index (χ0v) is 28.5. The SMILES string of the molecule is Cc1sccc1C(=O)N1CCC[C@H](c2nc(-c3ccc(F)cc3)no2)C1.O=C(c1ccc(F)cc1)N1CCC[C@H](c2nc(-c3ccco3)no2)C1. The maximum Gasteiger partial charge on any atom is 0.254 e. The predicted octanol–water partition coefficient (Wildman–Crippen LogP) is 7.75. The highest BCUT2D eigenvalue weighted by atomic mass is 32.1. The average Bonchev–Trinajstić information content (AvgIpc) is 4.00. The van der Waals surface area contributed by atoms with E-state index in [0.29, 0.717) is 60.0 Å². The van der Waals surface area contributed by atoms with Crippen molar-refractivity contribution in [2.45, 2.75) is 44.4 Å².